The Bertz CT molecular complexity index is 1410. The van der Waals surface area contributed by atoms with Crippen LogP contribution in [0.2, 0.25) is 0 Å². The van der Waals surface area contributed by atoms with Gasteiger partial charge in [-0.1, -0.05) is 105 Å². The molecule has 258 valence electrons. The van der Waals surface area contributed by atoms with Gasteiger partial charge in [0.05, 0.1) is 25.9 Å². The van der Waals surface area contributed by atoms with Gasteiger partial charge in [0, 0.05) is 19.0 Å². The molecule has 8 atom stereocenters. The first-order valence-corrected chi connectivity index (χ1v) is 16.4. The fourth-order valence-corrected chi connectivity index (χ4v) is 5.79. The lowest BCUT2D eigenvalue weighted by atomic mass is 9.95. The Morgan fingerprint density at radius 1 is 0.875 bits per heavy atom. The number of aliphatic hydroxyl groups excluding tert-OH is 1. The van der Waals surface area contributed by atoms with Crippen molar-refractivity contribution < 1.29 is 43.1 Å². The molecular weight excluding hydrogens is 616 g/mol. The first-order chi connectivity index (χ1) is 23.3. The second-order valence-corrected chi connectivity index (χ2v) is 12.4. The molecule has 0 aromatic heterocycles. The van der Waals surface area contributed by atoms with E-state index < -0.39 is 55.0 Å². The number of amides is 1. The van der Waals surface area contributed by atoms with Crippen LogP contribution in [-0.2, 0) is 51.2 Å². The molecule has 2 saturated heterocycles. The molecule has 3 aromatic rings. The van der Waals surface area contributed by atoms with Gasteiger partial charge in [0.1, 0.15) is 37.0 Å². The number of carbonyl (C=O) groups excluding carboxylic acids is 2. The third kappa shape index (κ3) is 9.93. The zero-order chi connectivity index (χ0) is 33.9. The molecule has 0 spiro atoms. The predicted octanol–water partition coefficient (Wildman–Crippen LogP) is 3.65. The lowest BCUT2D eigenvalue weighted by molar-refractivity contribution is -0.350. The summed E-state index contributed by atoms with van der Waals surface area (Å²) >= 11 is 0. The van der Waals surface area contributed by atoms with Crippen LogP contribution >= 0.6 is 0 Å². The average Bonchev–Trinajstić information content (AvgIpc) is 3.10. The summed E-state index contributed by atoms with van der Waals surface area (Å²) in [5.41, 5.74) is 2.66. The maximum absolute atomic E-state index is 12.9. The fraction of sp³-hybridized carbons (Fsp3) is 0.459. The number of hydrogen-bond acceptors (Lipinski definition) is 10. The molecule has 0 saturated carbocycles. The topological polar surface area (TPSA) is 134 Å². The van der Waals surface area contributed by atoms with E-state index in [0.717, 1.165) is 16.7 Å². The molecule has 3 aromatic carbocycles. The molecule has 11 heteroatoms. The van der Waals surface area contributed by atoms with Crippen molar-refractivity contribution in [1.82, 2.24) is 10.6 Å². The van der Waals surface area contributed by atoms with Crippen molar-refractivity contribution >= 4 is 11.9 Å². The van der Waals surface area contributed by atoms with Crippen molar-refractivity contribution in [3.8, 4) is 0 Å². The summed E-state index contributed by atoms with van der Waals surface area (Å²) in [6.07, 6.45) is -4.56. The van der Waals surface area contributed by atoms with E-state index in [1.54, 1.807) is 0 Å². The predicted molar refractivity (Wildman–Crippen MR) is 176 cm³/mol. The van der Waals surface area contributed by atoms with Gasteiger partial charge in [-0.2, -0.15) is 0 Å². The van der Waals surface area contributed by atoms with Gasteiger partial charge in [0.2, 0.25) is 5.91 Å². The molecule has 2 heterocycles. The summed E-state index contributed by atoms with van der Waals surface area (Å²) in [5.74, 6) is -0.789. The molecule has 1 amide bonds. The van der Waals surface area contributed by atoms with Crippen molar-refractivity contribution in [3.05, 3.63) is 108 Å². The number of ether oxygens (including phenoxy) is 6. The summed E-state index contributed by atoms with van der Waals surface area (Å²) in [4.78, 5) is 25.4. The second-order valence-electron chi connectivity index (χ2n) is 12.4. The van der Waals surface area contributed by atoms with Crippen molar-refractivity contribution in [2.45, 2.75) is 83.1 Å². The van der Waals surface area contributed by atoms with E-state index >= 15 is 0 Å². The molecule has 5 rings (SSSR count). The quantitative estimate of drug-likeness (QED) is 0.207. The smallest absolute Gasteiger partial charge is 0.323 e. The second kappa shape index (κ2) is 17.6. The van der Waals surface area contributed by atoms with Crippen molar-refractivity contribution in [1.29, 1.82) is 0 Å². The van der Waals surface area contributed by atoms with Crippen molar-refractivity contribution in [3.63, 3.8) is 0 Å². The maximum Gasteiger partial charge on any atom is 0.323 e. The highest BCUT2D eigenvalue weighted by atomic mass is 16.8. The minimum atomic E-state index is -0.999. The summed E-state index contributed by atoms with van der Waals surface area (Å²) in [6.45, 7) is 5.78. The molecular formula is C37H46N2O9. The van der Waals surface area contributed by atoms with E-state index in [-0.39, 0.29) is 44.8 Å². The fourth-order valence-electron chi connectivity index (χ4n) is 5.79. The molecule has 11 nitrogen and oxygen atoms in total. The number of fused-ring (bicyclic) bond motifs is 1. The Labute approximate surface area is 281 Å². The molecule has 2 aliphatic rings. The number of rotatable bonds is 15. The monoisotopic (exact) mass is 662 g/mol. The normalized spacial score (nSPS) is 25.1. The van der Waals surface area contributed by atoms with Crippen molar-refractivity contribution in [2.75, 3.05) is 19.8 Å². The highest BCUT2D eigenvalue weighted by Crippen LogP contribution is 2.36. The van der Waals surface area contributed by atoms with Gasteiger partial charge < -0.3 is 44.2 Å². The van der Waals surface area contributed by atoms with Crippen LogP contribution in [-0.4, -0.2) is 79.5 Å². The van der Waals surface area contributed by atoms with Crippen LogP contribution < -0.4 is 10.6 Å². The lowest BCUT2D eigenvalue weighted by Crippen LogP contribution is -2.67. The third-order valence-corrected chi connectivity index (χ3v) is 8.24. The Morgan fingerprint density at radius 3 is 2.12 bits per heavy atom. The Hall–Kier alpha value is -3.68. The maximum atomic E-state index is 12.9. The number of aliphatic hydroxyl groups is 1. The standard InChI is InChI=1S/C37H46N2O9/c1-24(2)31(35(42)44-20-26-13-7-4-8-14-26)38-19-29(41)22-43-34-32(39-25(3)40)37(45-21-27-15-9-5-10-16-27)47-30-23-46-36(48-33(30)34)28-17-11-6-12-18-28/h4-18,24,29-34,36-38,41H,19-23H2,1-3H3,(H,39,40)/t29?,30-,31+,32-,33-,34-,36?,37+/m1/s1. The number of hydrogen-bond donors (Lipinski definition) is 3. The molecule has 2 unspecified atom stereocenters. The summed E-state index contributed by atoms with van der Waals surface area (Å²) in [6, 6.07) is 27.2. The lowest BCUT2D eigenvalue weighted by Gasteiger charge is -2.49. The number of carbonyl (C=O) groups is 2. The molecule has 0 bridgehead atoms. The Balaban J connectivity index is 1.26. The van der Waals surface area contributed by atoms with Crippen molar-refractivity contribution in [2.24, 2.45) is 5.92 Å². The van der Waals surface area contributed by atoms with Crippen LogP contribution in [0, 0.1) is 5.92 Å². The van der Waals surface area contributed by atoms with Gasteiger partial charge in [0.25, 0.3) is 0 Å². The first kappa shape index (κ1) is 35.6. The molecule has 0 radical (unpaired) electrons. The van der Waals surface area contributed by atoms with E-state index in [2.05, 4.69) is 10.6 Å². The summed E-state index contributed by atoms with van der Waals surface area (Å²) in [7, 11) is 0. The highest BCUT2D eigenvalue weighted by molar-refractivity contribution is 5.76. The minimum absolute atomic E-state index is 0.0654. The molecule has 0 aliphatic carbocycles. The molecule has 2 aliphatic heterocycles. The number of nitrogens with one attached hydrogen (secondary N) is 2. The van der Waals surface area contributed by atoms with E-state index in [4.69, 9.17) is 28.4 Å². The zero-order valence-corrected chi connectivity index (χ0v) is 27.6. The molecule has 3 N–H and O–H groups in total. The summed E-state index contributed by atoms with van der Waals surface area (Å²) in [5, 5.41) is 17.1. The van der Waals surface area contributed by atoms with Crippen LogP contribution in [0.5, 0.6) is 0 Å². The van der Waals surface area contributed by atoms with Gasteiger partial charge in [-0.25, -0.2) is 0 Å². The van der Waals surface area contributed by atoms with Gasteiger partial charge in [-0.15, -0.1) is 0 Å². The van der Waals surface area contributed by atoms with Gasteiger partial charge in [-0.05, 0) is 17.0 Å². The van der Waals surface area contributed by atoms with E-state index in [1.165, 1.54) is 6.92 Å². The molecule has 2 fully saturated rings. The molecule has 48 heavy (non-hydrogen) atoms. The van der Waals surface area contributed by atoms with Crippen LogP contribution in [0.4, 0.5) is 0 Å². The zero-order valence-electron chi connectivity index (χ0n) is 27.6. The number of benzene rings is 3. The summed E-state index contributed by atoms with van der Waals surface area (Å²) < 4.78 is 37.0. The van der Waals surface area contributed by atoms with E-state index in [0.29, 0.717) is 0 Å². The van der Waals surface area contributed by atoms with Gasteiger partial charge in [0.15, 0.2) is 12.6 Å². The largest absolute Gasteiger partial charge is 0.460 e. The highest BCUT2D eigenvalue weighted by Gasteiger charge is 2.51. The van der Waals surface area contributed by atoms with Gasteiger partial charge >= 0.3 is 5.97 Å². The van der Waals surface area contributed by atoms with Crippen LogP contribution in [0.25, 0.3) is 0 Å². The number of esters is 1. The van der Waals surface area contributed by atoms with E-state index in [9.17, 15) is 14.7 Å². The van der Waals surface area contributed by atoms with Crippen LogP contribution in [0.3, 0.4) is 0 Å². The average molecular weight is 663 g/mol. The Morgan fingerprint density at radius 2 is 1.50 bits per heavy atom. The van der Waals surface area contributed by atoms with E-state index in [1.807, 2.05) is 105 Å². The van der Waals surface area contributed by atoms with Gasteiger partial charge in [-0.3, -0.25) is 9.59 Å². The Kier molecular flexibility index (Phi) is 13.1. The third-order valence-electron chi connectivity index (χ3n) is 8.24. The van der Waals surface area contributed by atoms with Crippen LogP contribution in [0.15, 0.2) is 91.0 Å². The first-order valence-electron chi connectivity index (χ1n) is 16.4. The minimum Gasteiger partial charge on any atom is -0.460 e. The SMILES string of the molecule is CC(=O)N[C@H]1[C@@H](OCc2ccccc2)O[C@@H]2COC(c3ccccc3)O[C@H]2[C@@H]1OCC(O)CN[C@H](C(=O)OCc1ccccc1)C(C)C. The van der Waals surface area contributed by atoms with Crippen LogP contribution in [0.1, 0.15) is 43.8 Å².